The summed E-state index contributed by atoms with van der Waals surface area (Å²) in [5, 5.41) is 2.75. The molecule has 3 aliphatic carbocycles. The predicted octanol–water partition coefficient (Wildman–Crippen LogP) is 25.7. The van der Waals surface area contributed by atoms with Crippen molar-refractivity contribution in [3.8, 4) is 61.7 Å². The van der Waals surface area contributed by atoms with Crippen LogP contribution in [0.15, 0.2) is 146 Å². The SMILES string of the molecule is CCCCCCCCC1(CCCCCCCC)c2cc(-c3ccc4c(c3)C3(c5ccccc5-c5cc(OCC(CC)CCCC)c(OCC(CC)CCCC)cc53)c3cc(C)ccc3-4)ccc2-c2cc3c(cc21)c1cc(C)ccc1n3-c1ccc(CCCC)cc1. The largest absolute Gasteiger partial charge is 0.489 e. The van der Waals surface area contributed by atoms with Crippen LogP contribution in [-0.4, -0.2) is 17.8 Å². The topological polar surface area (TPSA) is 23.4 Å². The molecule has 3 aliphatic rings. The highest BCUT2D eigenvalue weighted by Gasteiger charge is 2.53. The second-order valence-corrected chi connectivity index (χ2v) is 28.3. The molecule has 1 spiro atoms. The first kappa shape index (κ1) is 64.3. The van der Waals surface area contributed by atoms with Gasteiger partial charge in [-0.05, 0) is 208 Å². The van der Waals surface area contributed by atoms with Crippen molar-refractivity contribution in [1.29, 1.82) is 0 Å². The lowest BCUT2D eigenvalue weighted by atomic mass is 9.69. The van der Waals surface area contributed by atoms with Crippen molar-refractivity contribution >= 4 is 21.8 Å². The molecule has 3 heteroatoms. The molecule has 0 radical (unpaired) electrons. The van der Waals surface area contributed by atoms with E-state index in [0.29, 0.717) is 25.0 Å². The number of rotatable bonds is 33. The lowest BCUT2D eigenvalue weighted by Crippen LogP contribution is -2.26. The molecular formula is C88H107NO2. The summed E-state index contributed by atoms with van der Waals surface area (Å²) in [6.07, 6.45) is 30.8. The molecule has 3 unspecified atom stereocenters. The Labute approximate surface area is 548 Å². The highest BCUT2D eigenvalue weighted by atomic mass is 16.5. The van der Waals surface area contributed by atoms with Gasteiger partial charge in [0.1, 0.15) is 0 Å². The standard InChI is InChI=1S/C88H107NO2/c1-10-17-22-24-26-30-49-87(50-31-27-25-23-18-11-2)78-53-66(42-47-72(78)73-56-84-76(55-79(73)87)75-51-61(8)38-48-83(75)89(84)68-43-39-65(40-44-68)34-21-14-5)67-41-46-71-70-45-37-62(9)52-80(70)88(81(71)54-67)77-36-29-28-35-69(77)74-57-85(90-59-63(15-6)32-19-12-3)86(58-82(74)88)91-60-64(16-7)33-20-13-4/h28-29,35-48,51-58,63-64H,10-27,30-34,49-50,59-60H2,1-9H3. The smallest absolute Gasteiger partial charge is 0.161 e. The quantitative estimate of drug-likeness (QED) is 0.0383. The molecule has 9 aromatic rings. The summed E-state index contributed by atoms with van der Waals surface area (Å²) >= 11 is 0. The van der Waals surface area contributed by atoms with Gasteiger partial charge >= 0.3 is 0 Å². The Kier molecular flexibility index (Phi) is 20.5. The minimum Gasteiger partial charge on any atom is -0.489 e. The van der Waals surface area contributed by atoms with Crippen molar-refractivity contribution in [1.82, 2.24) is 4.57 Å². The van der Waals surface area contributed by atoms with E-state index in [9.17, 15) is 0 Å². The maximum absolute atomic E-state index is 7.21. The number of hydrogen-bond donors (Lipinski definition) is 0. The van der Waals surface area contributed by atoms with E-state index in [-0.39, 0.29) is 5.41 Å². The Morgan fingerprint density at radius 1 is 0.374 bits per heavy atom. The van der Waals surface area contributed by atoms with Crippen LogP contribution in [0.3, 0.4) is 0 Å². The van der Waals surface area contributed by atoms with E-state index < -0.39 is 5.41 Å². The first-order valence-corrected chi connectivity index (χ1v) is 36.8. The predicted molar refractivity (Wildman–Crippen MR) is 390 cm³/mol. The summed E-state index contributed by atoms with van der Waals surface area (Å²) in [6.45, 7) is 22.2. The van der Waals surface area contributed by atoms with Gasteiger partial charge in [-0.25, -0.2) is 0 Å². The lowest BCUT2D eigenvalue weighted by Gasteiger charge is -2.33. The first-order valence-electron chi connectivity index (χ1n) is 36.8. The minimum absolute atomic E-state index is 0.116. The molecule has 3 atom stereocenters. The number of nitrogens with zero attached hydrogens (tertiary/aromatic N) is 1. The first-order chi connectivity index (χ1) is 44.6. The Morgan fingerprint density at radius 3 is 1.51 bits per heavy atom. The monoisotopic (exact) mass is 1210 g/mol. The highest BCUT2D eigenvalue weighted by molar-refractivity contribution is 6.12. The van der Waals surface area contributed by atoms with Crippen molar-refractivity contribution in [2.75, 3.05) is 13.2 Å². The molecule has 0 fully saturated rings. The third-order valence-corrected chi connectivity index (χ3v) is 22.1. The maximum atomic E-state index is 7.21. The average Bonchev–Trinajstić information content (AvgIpc) is 1.52. The number of aromatic nitrogens is 1. The molecule has 1 aromatic heterocycles. The molecule has 0 aliphatic heterocycles. The molecule has 0 saturated carbocycles. The number of benzene rings is 8. The van der Waals surface area contributed by atoms with E-state index in [0.717, 1.165) is 30.8 Å². The third-order valence-electron chi connectivity index (χ3n) is 22.1. The van der Waals surface area contributed by atoms with Crippen LogP contribution < -0.4 is 9.47 Å². The summed E-state index contributed by atoms with van der Waals surface area (Å²) in [6, 6.07) is 58.8. The van der Waals surface area contributed by atoms with Crippen molar-refractivity contribution in [3.05, 3.63) is 196 Å². The van der Waals surface area contributed by atoms with Crippen molar-refractivity contribution in [2.45, 2.75) is 234 Å². The van der Waals surface area contributed by atoms with Crippen molar-refractivity contribution in [2.24, 2.45) is 11.8 Å². The molecule has 476 valence electrons. The highest BCUT2D eigenvalue weighted by Crippen LogP contribution is 2.65. The summed E-state index contributed by atoms with van der Waals surface area (Å²) in [5.41, 5.74) is 26.4. The van der Waals surface area contributed by atoms with Gasteiger partial charge in [0.2, 0.25) is 0 Å². The maximum Gasteiger partial charge on any atom is 0.161 e. The summed E-state index contributed by atoms with van der Waals surface area (Å²) in [4.78, 5) is 0. The van der Waals surface area contributed by atoms with E-state index >= 15 is 0 Å². The fourth-order valence-corrected chi connectivity index (χ4v) is 16.8. The van der Waals surface area contributed by atoms with E-state index in [1.54, 1.807) is 11.1 Å². The number of hydrogen-bond acceptors (Lipinski definition) is 2. The number of fused-ring (bicyclic) bond motifs is 16. The zero-order valence-electron chi connectivity index (χ0n) is 57.4. The van der Waals surface area contributed by atoms with Gasteiger partial charge in [-0.2, -0.15) is 0 Å². The van der Waals surface area contributed by atoms with Crippen LogP contribution in [0.4, 0.5) is 0 Å². The molecule has 91 heavy (non-hydrogen) atoms. The van der Waals surface area contributed by atoms with E-state index in [2.05, 4.69) is 212 Å². The summed E-state index contributed by atoms with van der Waals surface area (Å²) in [5.74, 6) is 2.77. The van der Waals surface area contributed by atoms with Crippen LogP contribution in [0.1, 0.15) is 253 Å². The van der Waals surface area contributed by atoms with E-state index in [1.165, 1.54) is 252 Å². The molecule has 0 N–H and O–H groups in total. The van der Waals surface area contributed by atoms with E-state index in [1.807, 2.05) is 0 Å². The number of aryl methyl sites for hydroxylation is 3. The van der Waals surface area contributed by atoms with Gasteiger partial charge in [0.25, 0.3) is 0 Å². The number of unbranched alkanes of at least 4 members (excludes halogenated alkanes) is 13. The van der Waals surface area contributed by atoms with E-state index in [4.69, 9.17) is 9.47 Å². The van der Waals surface area contributed by atoms with Gasteiger partial charge in [-0.1, -0.05) is 267 Å². The molecular weight excluding hydrogens is 1100 g/mol. The van der Waals surface area contributed by atoms with Crippen LogP contribution in [0.2, 0.25) is 0 Å². The van der Waals surface area contributed by atoms with Gasteiger partial charge in [-0.3, -0.25) is 0 Å². The summed E-state index contributed by atoms with van der Waals surface area (Å²) < 4.78 is 16.9. The zero-order valence-corrected chi connectivity index (χ0v) is 57.4. The Balaban J connectivity index is 1.04. The van der Waals surface area contributed by atoms with Crippen LogP contribution in [-0.2, 0) is 17.3 Å². The molecule has 3 nitrogen and oxygen atoms in total. The average molecular weight is 1210 g/mol. The van der Waals surface area contributed by atoms with Crippen LogP contribution >= 0.6 is 0 Å². The molecule has 8 aromatic carbocycles. The second kappa shape index (κ2) is 29.0. The molecule has 12 rings (SSSR count). The normalized spacial score (nSPS) is 15.4. The number of ether oxygens (including phenoxy) is 2. The molecule has 0 bridgehead atoms. The molecule has 0 saturated heterocycles. The van der Waals surface area contributed by atoms with Crippen LogP contribution in [0, 0.1) is 25.7 Å². The fourth-order valence-electron chi connectivity index (χ4n) is 16.8. The second-order valence-electron chi connectivity index (χ2n) is 28.3. The third kappa shape index (κ3) is 12.4. The Morgan fingerprint density at radius 2 is 0.868 bits per heavy atom. The molecule has 0 amide bonds. The molecule has 1 heterocycles. The van der Waals surface area contributed by atoms with Crippen LogP contribution in [0.25, 0.3) is 72.0 Å². The van der Waals surface area contributed by atoms with Gasteiger partial charge < -0.3 is 14.0 Å². The lowest BCUT2D eigenvalue weighted by molar-refractivity contribution is 0.199. The minimum atomic E-state index is -0.558. The van der Waals surface area contributed by atoms with Gasteiger partial charge in [0.05, 0.1) is 29.7 Å². The van der Waals surface area contributed by atoms with Crippen LogP contribution in [0.5, 0.6) is 11.5 Å². The fraction of sp³-hybridized carbons (Fsp3) is 0.455. The summed E-state index contributed by atoms with van der Waals surface area (Å²) in [7, 11) is 0. The Hall–Kier alpha value is -6.84. The van der Waals surface area contributed by atoms with Gasteiger partial charge in [0.15, 0.2) is 11.5 Å². The van der Waals surface area contributed by atoms with Gasteiger partial charge in [-0.15, -0.1) is 0 Å². The zero-order chi connectivity index (χ0) is 63.1. The van der Waals surface area contributed by atoms with Crippen molar-refractivity contribution < 1.29 is 9.47 Å². The van der Waals surface area contributed by atoms with Crippen molar-refractivity contribution in [3.63, 3.8) is 0 Å². The Bertz CT molecular complexity index is 3950. The van der Waals surface area contributed by atoms with Gasteiger partial charge in [0, 0.05) is 21.9 Å².